The van der Waals surface area contributed by atoms with E-state index in [-0.39, 0.29) is 11.2 Å². The molecule has 0 bridgehead atoms. The van der Waals surface area contributed by atoms with Crippen LogP contribution in [0.5, 0.6) is 0 Å². The summed E-state index contributed by atoms with van der Waals surface area (Å²) in [7, 11) is 0. The van der Waals surface area contributed by atoms with Crippen molar-refractivity contribution in [1.29, 1.82) is 0 Å². The molecule has 0 aliphatic heterocycles. The van der Waals surface area contributed by atoms with Crippen molar-refractivity contribution in [3.8, 4) is 0 Å². The molecule has 0 saturated heterocycles. The van der Waals surface area contributed by atoms with Crippen molar-refractivity contribution in [2.24, 2.45) is 5.41 Å². The fraction of sp³-hybridized carbons (Fsp3) is 0.533. The fourth-order valence-electron chi connectivity index (χ4n) is 1.91. The van der Waals surface area contributed by atoms with Crippen LogP contribution in [0.15, 0.2) is 34.9 Å². The molecule has 0 aliphatic rings. The van der Waals surface area contributed by atoms with Crippen molar-refractivity contribution in [3.05, 3.63) is 34.9 Å². The lowest BCUT2D eigenvalue weighted by atomic mass is 9.78. The molecule has 0 unspecified atom stereocenters. The average molecular weight is 220 g/mol. The molecule has 1 nitrogen and oxygen atoms in total. The second kappa shape index (κ2) is 5.29. The summed E-state index contributed by atoms with van der Waals surface area (Å²) in [6.07, 6.45) is 1.96. The molecule has 90 valence electrons. The lowest BCUT2D eigenvalue weighted by Gasteiger charge is -2.26. The average Bonchev–Trinajstić information content (AvgIpc) is 1.97. The number of carbonyl (C=O) groups excluding carboxylic acids is 1. The van der Waals surface area contributed by atoms with Crippen LogP contribution in [0.2, 0.25) is 0 Å². The third-order valence-corrected chi connectivity index (χ3v) is 2.26. The number of hydrogen-bond acceptors (Lipinski definition) is 1. The summed E-state index contributed by atoms with van der Waals surface area (Å²) in [5.41, 5.74) is 3.89. The quantitative estimate of drug-likeness (QED) is 0.507. The number of ketones is 1. The Kier molecular flexibility index (Phi) is 4.92. The third-order valence-electron chi connectivity index (χ3n) is 2.26. The predicted octanol–water partition coefficient (Wildman–Crippen LogP) is 4.46. The maximum absolute atomic E-state index is 11.7. The summed E-state index contributed by atoms with van der Waals surface area (Å²) in [6, 6.07) is 0. The molecule has 0 saturated carbocycles. The lowest BCUT2D eigenvalue weighted by Crippen LogP contribution is -2.15. The second-order valence-corrected chi connectivity index (χ2v) is 5.60. The minimum absolute atomic E-state index is 0.0568. The second-order valence-electron chi connectivity index (χ2n) is 5.60. The van der Waals surface area contributed by atoms with Crippen molar-refractivity contribution in [2.45, 2.75) is 48.5 Å². The van der Waals surface area contributed by atoms with E-state index >= 15 is 0 Å². The fourth-order valence-corrected chi connectivity index (χ4v) is 1.91. The van der Waals surface area contributed by atoms with Crippen LogP contribution in [-0.4, -0.2) is 5.78 Å². The van der Waals surface area contributed by atoms with E-state index < -0.39 is 0 Å². The number of hydrogen-bond donors (Lipinski definition) is 0. The van der Waals surface area contributed by atoms with Gasteiger partial charge in [0.05, 0.1) is 0 Å². The van der Waals surface area contributed by atoms with E-state index in [1.807, 2.05) is 26.8 Å². The maximum Gasteiger partial charge on any atom is 0.160 e. The highest BCUT2D eigenvalue weighted by atomic mass is 16.1. The van der Waals surface area contributed by atoms with Crippen LogP contribution < -0.4 is 0 Å². The van der Waals surface area contributed by atoms with Crippen molar-refractivity contribution in [2.75, 3.05) is 0 Å². The highest BCUT2D eigenvalue weighted by Gasteiger charge is 2.22. The molecule has 1 heteroatoms. The highest BCUT2D eigenvalue weighted by Crippen LogP contribution is 2.34. The van der Waals surface area contributed by atoms with E-state index in [4.69, 9.17) is 0 Å². The number of rotatable bonds is 3. The SMILES string of the molecule is C=C(C)/C(=C(\C=C(C)C)C(C)=O)C(C)(C)C. The molecule has 0 spiro atoms. The highest BCUT2D eigenvalue weighted by molar-refractivity contribution is 5.98. The summed E-state index contributed by atoms with van der Waals surface area (Å²) >= 11 is 0. The van der Waals surface area contributed by atoms with E-state index in [1.165, 1.54) is 0 Å². The van der Waals surface area contributed by atoms with Crippen LogP contribution in [0, 0.1) is 5.41 Å². The molecule has 0 atom stereocenters. The summed E-state index contributed by atoms with van der Waals surface area (Å²) in [5, 5.41) is 0. The van der Waals surface area contributed by atoms with Crippen LogP contribution in [0.4, 0.5) is 0 Å². The Morgan fingerprint density at radius 3 is 1.69 bits per heavy atom. The first-order valence-electron chi connectivity index (χ1n) is 5.64. The van der Waals surface area contributed by atoms with Gasteiger partial charge in [-0.05, 0) is 38.7 Å². The molecule has 0 N–H and O–H groups in total. The normalized spacial score (nSPS) is 12.9. The number of carbonyl (C=O) groups is 1. The largest absolute Gasteiger partial charge is 0.295 e. The number of allylic oxidation sites excluding steroid dienone is 5. The molecular weight excluding hydrogens is 196 g/mol. The zero-order valence-electron chi connectivity index (χ0n) is 11.7. The maximum atomic E-state index is 11.7. The Hall–Kier alpha value is -1.11. The summed E-state index contributed by atoms with van der Waals surface area (Å²) in [5.74, 6) is 0.106. The van der Waals surface area contributed by atoms with Crippen LogP contribution in [-0.2, 0) is 4.79 Å². The first-order valence-corrected chi connectivity index (χ1v) is 5.64. The molecule has 0 aromatic heterocycles. The zero-order valence-corrected chi connectivity index (χ0v) is 11.7. The van der Waals surface area contributed by atoms with Crippen molar-refractivity contribution in [1.82, 2.24) is 0 Å². The minimum atomic E-state index is -0.0568. The Bertz CT molecular complexity index is 355. The van der Waals surface area contributed by atoms with Gasteiger partial charge in [0.2, 0.25) is 0 Å². The minimum Gasteiger partial charge on any atom is -0.295 e. The van der Waals surface area contributed by atoms with E-state index in [1.54, 1.807) is 6.92 Å². The predicted molar refractivity (Wildman–Crippen MR) is 71.4 cm³/mol. The van der Waals surface area contributed by atoms with Gasteiger partial charge < -0.3 is 0 Å². The summed E-state index contributed by atoms with van der Waals surface area (Å²) in [6.45, 7) is 17.9. The van der Waals surface area contributed by atoms with E-state index in [0.717, 1.165) is 22.3 Å². The van der Waals surface area contributed by atoms with Crippen molar-refractivity contribution < 1.29 is 4.79 Å². The van der Waals surface area contributed by atoms with Gasteiger partial charge >= 0.3 is 0 Å². The molecule has 0 radical (unpaired) electrons. The molecule has 0 fully saturated rings. The smallest absolute Gasteiger partial charge is 0.160 e. The molecule has 0 aromatic rings. The number of Topliss-reactive ketones (excluding diaryl/α,β-unsaturated/α-hetero) is 1. The summed E-state index contributed by atoms with van der Waals surface area (Å²) < 4.78 is 0. The van der Waals surface area contributed by atoms with E-state index in [2.05, 4.69) is 27.4 Å². The topological polar surface area (TPSA) is 17.1 Å². The third kappa shape index (κ3) is 4.18. The van der Waals surface area contributed by atoms with Crippen LogP contribution in [0.1, 0.15) is 48.5 Å². The van der Waals surface area contributed by atoms with Gasteiger partial charge in [0, 0.05) is 5.57 Å². The zero-order chi connectivity index (χ0) is 13.1. The molecule has 0 heterocycles. The lowest BCUT2D eigenvalue weighted by molar-refractivity contribution is -0.113. The van der Waals surface area contributed by atoms with Gasteiger partial charge in [-0.15, -0.1) is 0 Å². The van der Waals surface area contributed by atoms with E-state index in [9.17, 15) is 4.79 Å². The summed E-state index contributed by atoms with van der Waals surface area (Å²) in [4.78, 5) is 11.7. The Morgan fingerprint density at radius 1 is 1.06 bits per heavy atom. The van der Waals surface area contributed by atoms with Crippen LogP contribution >= 0.6 is 0 Å². The van der Waals surface area contributed by atoms with Gasteiger partial charge in [-0.1, -0.05) is 44.6 Å². The molecule has 0 amide bonds. The Labute approximate surface area is 99.9 Å². The van der Waals surface area contributed by atoms with Crippen molar-refractivity contribution in [3.63, 3.8) is 0 Å². The van der Waals surface area contributed by atoms with Gasteiger partial charge in [-0.3, -0.25) is 4.79 Å². The van der Waals surface area contributed by atoms with Gasteiger partial charge in [0.25, 0.3) is 0 Å². The van der Waals surface area contributed by atoms with Crippen molar-refractivity contribution >= 4 is 5.78 Å². The van der Waals surface area contributed by atoms with E-state index in [0.29, 0.717) is 0 Å². The van der Waals surface area contributed by atoms with Gasteiger partial charge in [0.1, 0.15) is 0 Å². The van der Waals surface area contributed by atoms with Crippen LogP contribution in [0.3, 0.4) is 0 Å². The first-order chi connectivity index (χ1) is 7.07. The van der Waals surface area contributed by atoms with Crippen LogP contribution in [0.25, 0.3) is 0 Å². The van der Waals surface area contributed by atoms with Gasteiger partial charge in [-0.2, -0.15) is 0 Å². The van der Waals surface area contributed by atoms with Gasteiger partial charge in [-0.25, -0.2) is 0 Å². The first kappa shape index (κ1) is 14.9. The van der Waals surface area contributed by atoms with Gasteiger partial charge in [0.15, 0.2) is 5.78 Å². The molecule has 0 aliphatic carbocycles. The molecule has 16 heavy (non-hydrogen) atoms. The molecule has 0 rings (SSSR count). The monoisotopic (exact) mass is 220 g/mol. The Morgan fingerprint density at radius 2 is 1.50 bits per heavy atom. The molecular formula is C15H24O. The standard InChI is InChI=1S/C15H24O/c1-10(2)9-13(12(5)16)14(11(3)4)15(6,7)8/h9H,3H2,1-2,4-8H3/b14-13-. The molecule has 0 aromatic carbocycles. The Balaban J connectivity index is 5.96.